The molecule has 3 amide bonds. The number of thioether (sulfide) groups is 1. The van der Waals surface area contributed by atoms with Crippen LogP contribution in [0.5, 0.6) is 0 Å². The average Bonchev–Trinajstić information content (AvgIpc) is 2.25. The molecular formula is C8H13N3O4S. The number of nitrogens with zero attached hydrogens (tertiary/aromatic N) is 1. The molecule has 1 rings (SSSR count). The van der Waals surface area contributed by atoms with Gasteiger partial charge in [-0.05, 0) is 0 Å². The van der Waals surface area contributed by atoms with Crippen LogP contribution in [-0.2, 0) is 9.59 Å². The van der Waals surface area contributed by atoms with Gasteiger partial charge in [0, 0.05) is 18.1 Å². The molecule has 1 unspecified atom stereocenters. The van der Waals surface area contributed by atoms with Crippen LogP contribution in [0, 0.1) is 0 Å². The van der Waals surface area contributed by atoms with Crippen LogP contribution in [0.4, 0.5) is 4.79 Å². The molecular weight excluding hydrogens is 234 g/mol. The van der Waals surface area contributed by atoms with E-state index in [-0.39, 0.29) is 6.54 Å². The van der Waals surface area contributed by atoms with Gasteiger partial charge < -0.3 is 21.1 Å². The van der Waals surface area contributed by atoms with E-state index < -0.39 is 23.9 Å². The number of hydrogen-bond acceptors (Lipinski definition) is 4. The number of primary amides is 1. The van der Waals surface area contributed by atoms with Crippen LogP contribution in [-0.4, -0.2) is 58.6 Å². The maximum Gasteiger partial charge on any atom is 0.327 e. The van der Waals surface area contributed by atoms with Crippen molar-refractivity contribution >= 4 is 29.7 Å². The van der Waals surface area contributed by atoms with E-state index in [1.54, 1.807) is 0 Å². The van der Waals surface area contributed by atoms with E-state index in [1.807, 2.05) is 0 Å². The van der Waals surface area contributed by atoms with E-state index in [0.29, 0.717) is 18.1 Å². The summed E-state index contributed by atoms with van der Waals surface area (Å²) in [5, 5.41) is 11.2. The van der Waals surface area contributed by atoms with Gasteiger partial charge in [-0.1, -0.05) is 0 Å². The maximum absolute atomic E-state index is 11.6. The largest absolute Gasteiger partial charge is 0.480 e. The van der Waals surface area contributed by atoms with Crippen molar-refractivity contribution in [2.45, 2.75) is 6.04 Å². The molecule has 1 saturated heterocycles. The zero-order valence-electron chi connectivity index (χ0n) is 8.51. The van der Waals surface area contributed by atoms with Gasteiger partial charge >= 0.3 is 12.0 Å². The first kappa shape index (κ1) is 12.6. The lowest BCUT2D eigenvalue weighted by Gasteiger charge is -2.32. The number of rotatable bonds is 3. The highest BCUT2D eigenvalue weighted by Crippen LogP contribution is 2.16. The van der Waals surface area contributed by atoms with E-state index in [2.05, 4.69) is 5.32 Å². The third-order valence-corrected chi connectivity index (χ3v) is 3.11. The summed E-state index contributed by atoms with van der Waals surface area (Å²) < 4.78 is 0. The van der Waals surface area contributed by atoms with E-state index >= 15 is 0 Å². The van der Waals surface area contributed by atoms with Gasteiger partial charge in [-0.15, -0.1) is 0 Å². The lowest BCUT2D eigenvalue weighted by atomic mass is 10.3. The number of nitrogens with two attached hydrogens (primary N) is 1. The Kier molecular flexibility index (Phi) is 4.41. The Hall–Kier alpha value is -1.44. The fraction of sp³-hybridized carbons (Fsp3) is 0.625. The number of amides is 3. The highest BCUT2D eigenvalue weighted by molar-refractivity contribution is 7.99. The summed E-state index contributed by atoms with van der Waals surface area (Å²) in [4.78, 5) is 34.1. The van der Waals surface area contributed by atoms with Crippen LogP contribution in [0.1, 0.15) is 0 Å². The SMILES string of the molecule is NC(=O)CNC(=O)N1CCSCC1C(=O)O. The third-order valence-electron chi connectivity index (χ3n) is 2.09. The molecule has 1 atom stereocenters. The summed E-state index contributed by atoms with van der Waals surface area (Å²) in [6, 6.07) is -1.40. The minimum Gasteiger partial charge on any atom is -0.480 e. The molecule has 0 saturated carbocycles. The molecule has 0 bridgehead atoms. The molecule has 0 aromatic rings. The Morgan fingerprint density at radius 2 is 2.19 bits per heavy atom. The Balaban J connectivity index is 2.57. The monoisotopic (exact) mass is 247 g/mol. The van der Waals surface area contributed by atoms with Gasteiger partial charge in [0.1, 0.15) is 6.04 Å². The summed E-state index contributed by atoms with van der Waals surface area (Å²) in [6.07, 6.45) is 0. The fourth-order valence-electron chi connectivity index (χ4n) is 1.32. The molecule has 1 fully saturated rings. The van der Waals surface area contributed by atoms with E-state index in [9.17, 15) is 14.4 Å². The summed E-state index contributed by atoms with van der Waals surface area (Å²) >= 11 is 1.48. The molecule has 0 aliphatic carbocycles. The number of aliphatic carboxylic acids is 1. The second kappa shape index (κ2) is 5.59. The van der Waals surface area contributed by atoms with Gasteiger partial charge in [0.05, 0.1) is 6.54 Å². The Bertz CT molecular complexity index is 310. The van der Waals surface area contributed by atoms with E-state index in [1.165, 1.54) is 16.7 Å². The number of carboxylic acids is 1. The summed E-state index contributed by atoms with van der Waals surface area (Å²) in [5.74, 6) is -0.652. The van der Waals surface area contributed by atoms with Gasteiger partial charge in [-0.3, -0.25) is 4.79 Å². The minimum absolute atomic E-state index is 0.283. The summed E-state index contributed by atoms with van der Waals surface area (Å²) in [7, 11) is 0. The smallest absolute Gasteiger partial charge is 0.327 e. The first-order valence-corrected chi connectivity index (χ1v) is 5.81. The second-order valence-electron chi connectivity index (χ2n) is 3.25. The number of carboxylic acid groups (broad SMARTS) is 1. The number of hydrogen-bond donors (Lipinski definition) is 3. The zero-order valence-corrected chi connectivity index (χ0v) is 9.33. The van der Waals surface area contributed by atoms with E-state index in [4.69, 9.17) is 10.8 Å². The van der Waals surface area contributed by atoms with Crippen molar-refractivity contribution in [3.8, 4) is 0 Å². The van der Waals surface area contributed by atoms with Gasteiger partial charge in [-0.25, -0.2) is 9.59 Å². The lowest BCUT2D eigenvalue weighted by Crippen LogP contribution is -2.54. The lowest BCUT2D eigenvalue weighted by molar-refractivity contribution is -0.141. The molecule has 1 aliphatic heterocycles. The highest BCUT2D eigenvalue weighted by atomic mass is 32.2. The van der Waals surface area contributed by atoms with Crippen molar-refractivity contribution in [3.05, 3.63) is 0 Å². The third kappa shape index (κ3) is 3.30. The summed E-state index contributed by atoms with van der Waals surface area (Å²) in [5.41, 5.74) is 4.87. The predicted molar refractivity (Wildman–Crippen MR) is 58.0 cm³/mol. The van der Waals surface area contributed by atoms with Crippen molar-refractivity contribution in [2.75, 3.05) is 24.6 Å². The van der Waals surface area contributed by atoms with E-state index in [0.717, 1.165) is 0 Å². The zero-order chi connectivity index (χ0) is 12.1. The molecule has 0 aromatic heterocycles. The molecule has 1 heterocycles. The van der Waals surface area contributed by atoms with Gasteiger partial charge in [0.15, 0.2) is 0 Å². The van der Waals surface area contributed by atoms with Gasteiger partial charge in [0.2, 0.25) is 5.91 Å². The van der Waals surface area contributed by atoms with Crippen LogP contribution < -0.4 is 11.1 Å². The number of nitrogens with one attached hydrogen (secondary N) is 1. The van der Waals surface area contributed by atoms with Crippen LogP contribution in [0.25, 0.3) is 0 Å². The topological polar surface area (TPSA) is 113 Å². The first-order chi connectivity index (χ1) is 7.52. The molecule has 1 aliphatic rings. The van der Waals surface area contributed by atoms with Crippen molar-refractivity contribution in [3.63, 3.8) is 0 Å². The fourth-order valence-corrected chi connectivity index (χ4v) is 2.35. The number of carbonyl (C=O) groups excluding carboxylic acids is 2. The molecule has 0 aromatic carbocycles. The second-order valence-corrected chi connectivity index (χ2v) is 4.40. The first-order valence-electron chi connectivity index (χ1n) is 4.65. The maximum atomic E-state index is 11.6. The molecule has 4 N–H and O–H groups in total. The molecule has 0 radical (unpaired) electrons. The van der Waals surface area contributed by atoms with Crippen LogP contribution in [0.15, 0.2) is 0 Å². The molecule has 0 spiro atoms. The Morgan fingerprint density at radius 1 is 1.50 bits per heavy atom. The van der Waals surface area contributed by atoms with Crippen molar-refractivity contribution in [1.82, 2.24) is 10.2 Å². The highest BCUT2D eigenvalue weighted by Gasteiger charge is 2.32. The van der Waals surface area contributed by atoms with Crippen molar-refractivity contribution in [2.24, 2.45) is 5.73 Å². The Morgan fingerprint density at radius 3 is 2.75 bits per heavy atom. The molecule has 8 heteroatoms. The Labute approximate surface area is 96.3 Å². The van der Waals surface area contributed by atoms with Gasteiger partial charge in [0.25, 0.3) is 0 Å². The van der Waals surface area contributed by atoms with Crippen LogP contribution in [0.2, 0.25) is 0 Å². The minimum atomic E-state index is -1.04. The average molecular weight is 247 g/mol. The quantitative estimate of drug-likeness (QED) is 0.572. The number of carbonyl (C=O) groups is 3. The molecule has 90 valence electrons. The van der Waals surface area contributed by atoms with Crippen molar-refractivity contribution in [1.29, 1.82) is 0 Å². The summed E-state index contributed by atoms with van der Waals surface area (Å²) in [6.45, 7) is 0.0705. The normalized spacial score (nSPS) is 20.2. The van der Waals surface area contributed by atoms with Crippen LogP contribution in [0.3, 0.4) is 0 Å². The van der Waals surface area contributed by atoms with Gasteiger partial charge in [-0.2, -0.15) is 11.8 Å². The van der Waals surface area contributed by atoms with Crippen molar-refractivity contribution < 1.29 is 19.5 Å². The predicted octanol–water partition coefficient (Wildman–Crippen LogP) is -1.32. The number of urea groups is 1. The van der Waals surface area contributed by atoms with Crippen LogP contribution >= 0.6 is 11.8 Å². The molecule has 7 nitrogen and oxygen atoms in total. The standard InChI is InChI=1S/C8H13N3O4S/c9-6(12)3-10-8(15)11-1-2-16-4-5(11)7(13)14/h5H,1-4H2,(H2,9,12)(H,10,15)(H,13,14). The molecule has 16 heavy (non-hydrogen) atoms.